The van der Waals surface area contributed by atoms with Crippen LogP contribution in [0.5, 0.6) is 0 Å². The number of unbranched alkanes of at least 4 members (excludes halogenated alkanes) is 1. The molecule has 0 N–H and O–H groups in total. The van der Waals surface area contributed by atoms with E-state index in [0.717, 1.165) is 31.3 Å². The van der Waals surface area contributed by atoms with E-state index in [9.17, 15) is 0 Å². The lowest BCUT2D eigenvalue weighted by atomic mass is 9.77. The van der Waals surface area contributed by atoms with Gasteiger partial charge < -0.3 is 4.74 Å². The van der Waals surface area contributed by atoms with Crippen LogP contribution in [0.4, 0.5) is 0 Å². The van der Waals surface area contributed by atoms with Crippen LogP contribution >= 0.6 is 0 Å². The zero-order valence-electron chi connectivity index (χ0n) is 18.7. The average Bonchev–Trinajstić information content (AvgIpc) is 2.80. The molecule has 0 atom stereocenters. The van der Waals surface area contributed by atoms with Crippen molar-refractivity contribution < 1.29 is 4.74 Å². The number of ether oxygens (including phenoxy) is 1. The van der Waals surface area contributed by atoms with Crippen LogP contribution in [0.1, 0.15) is 75.3 Å². The second-order valence-electron chi connectivity index (χ2n) is 8.67. The van der Waals surface area contributed by atoms with E-state index in [0.29, 0.717) is 6.61 Å². The minimum atomic E-state index is 0.688. The van der Waals surface area contributed by atoms with Gasteiger partial charge in [-0.05, 0) is 92.4 Å². The van der Waals surface area contributed by atoms with Crippen LogP contribution in [0, 0.1) is 5.92 Å². The summed E-state index contributed by atoms with van der Waals surface area (Å²) < 4.78 is 5.73. The van der Waals surface area contributed by atoms with Crippen LogP contribution < -0.4 is 0 Å². The number of allylic oxidation sites excluding steroid dienone is 3. The molecule has 1 saturated carbocycles. The Morgan fingerprint density at radius 1 is 0.900 bits per heavy atom. The molecular weight excluding hydrogens is 364 g/mol. The van der Waals surface area contributed by atoms with Gasteiger partial charge in [-0.2, -0.15) is 0 Å². The van der Waals surface area contributed by atoms with Crippen molar-refractivity contribution >= 4 is 0 Å². The van der Waals surface area contributed by atoms with Crippen LogP contribution in [-0.4, -0.2) is 6.61 Å². The maximum Gasteiger partial charge on any atom is 0.0716 e. The molecule has 3 rings (SSSR count). The summed E-state index contributed by atoms with van der Waals surface area (Å²) in [5.74, 6) is 1.68. The molecule has 1 aliphatic rings. The van der Waals surface area contributed by atoms with Gasteiger partial charge in [-0.3, -0.25) is 0 Å². The molecule has 1 aliphatic carbocycles. The highest BCUT2D eigenvalue weighted by Gasteiger charge is 2.21. The molecular formula is C29H38O. The van der Waals surface area contributed by atoms with Gasteiger partial charge in [0.2, 0.25) is 0 Å². The van der Waals surface area contributed by atoms with E-state index in [1.807, 2.05) is 6.08 Å². The first-order valence-electron chi connectivity index (χ1n) is 11.8. The quantitative estimate of drug-likeness (QED) is 0.270. The smallest absolute Gasteiger partial charge is 0.0716 e. The SMILES string of the molecule is C=CCCCOCc1ccc(-c2ccc(C3CCC(CCC=CC)CC3)cc2)cc1. The van der Waals surface area contributed by atoms with E-state index in [-0.39, 0.29) is 0 Å². The van der Waals surface area contributed by atoms with Gasteiger partial charge in [0.05, 0.1) is 6.61 Å². The minimum Gasteiger partial charge on any atom is -0.377 e. The van der Waals surface area contributed by atoms with Crippen molar-refractivity contribution in [3.05, 3.63) is 84.5 Å². The topological polar surface area (TPSA) is 9.23 Å². The molecule has 0 unspecified atom stereocenters. The molecule has 30 heavy (non-hydrogen) atoms. The fourth-order valence-electron chi connectivity index (χ4n) is 4.54. The Kier molecular flexibility index (Phi) is 9.44. The maximum atomic E-state index is 5.73. The van der Waals surface area contributed by atoms with E-state index >= 15 is 0 Å². The zero-order chi connectivity index (χ0) is 21.0. The Bertz CT molecular complexity index is 761. The van der Waals surface area contributed by atoms with E-state index in [4.69, 9.17) is 4.74 Å². The third-order valence-electron chi connectivity index (χ3n) is 6.46. The molecule has 0 aliphatic heterocycles. The third-order valence-corrected chi connectivity index (χ3v) is 6.46. The van der Waals surface area contributed by atoms with Crippen molar-refractivity contribution in [2.75, 3.05) is 6.61 Å². The van der Waals surface area contributed by atoms with Gasteiger partial charge in [-0.25, -0.2) is 0 Å². The first kappa shape index (κ1) is 22.6. The van der Waals surface area contributed by atoms with Gasteiger partial charge in [0.1, 0.15) is 0 Å². The summed E-state index contributed by atoms with van der Waals surface area (Å²) in [5.41, 5.74) is 5.34. The largest absolute Gasteiger partial charge is 0.377 e. The number of hydrogen-bond donors (Lipinski definition) is 0. The van der Waals surface area contributed by atoms with E-state index in [1.165, 1.54) is 60.8 Å². The van der Waals surface area contributed by atoms with Crippen LogP contribution in [-0.2, 0) is 11.3 Å². The lowest BCUT2D eigenvalue weighted by molar-refractivity contribution is 0.119. The minimum absolute atomic E-state index is 0.688. The number of rotatable bonds is 11. The van der Waals surface area contributed by atoms with Gasteiger partial charge >= 0.3 is 0 Å². The fourth-order valence-corrected chi connectivity index (χ4v) is 4.54. The van der Waals surface area contributed by atoms with Gasteiger partial charge in [0.15, 0.2) is 0 Å². The molecule has 2 aromatic carbocycles. The molecule has 1 fully saturated rings. The van der Waals surface area contributed by atoms with Crippen molar-refractivity contribution in [2.45, 2.75) is 70.8 Å². The molecule has 0 radical (unpaired) electrons. The van der Waals surface area contributed by atoms with Crippen molar-refractivity contribution in [3.8, 4) is 11.1 Å². The Labute approximate surface area is 183 Å². The Hall–Kier alpha value is -2.12. The molecule has 0 saturated heterocycles. The molecule has 0 aromatic heterocycles. The molecule has 0 bridgehead atoms. The van der Waals surface area contributed by atoms with Crippen LogP contribution in [0.15, 0.2) is 73.3 Å². The average molecular weight is 403 g/mol. The van der Waals surface area contributed by atoms with Gasteiger partial charge in [0.25, 0.3) is 0 Å². The van der Waals surface area contributed by atoms with E-state index in [1.54, 1.807) is 0 Å². The number of hydrogen-bond acceptors (Lipinski definition) is 1. The first-order valence-corrected chi connectivity index (χ1v) is 11.8. The molecule has 0 amide bonds. The lowest BCUT2D eigenvalue weighted by Crippen LogP contribution is -2.13. The highest BCUT2D eigenvalue weighted by Crippen LogP contribution is 2.38. The summed E-state index contributed by atoms with van der Waals surface area (Å²) >= 11 is 0. The summed E-state index contributed by atoms with van der Waals surface area (Å²) in [6, 6.07) is 18.1. The van der Waals surface area contributed by atoms with E-state index < -0.39 is 0 Å². The zero-order valence-corrected chi connectivity index (χ0v) is 18.7. The molecule has 2 aromatic rings. The normalized spacial score (nSPS) is 19.2. The standard InChI is InChI=1S/C29H38O/c1-3-5-7-9-24-10-14-26(15-11-24)28-18-20-29(21-19-28)27-16-12-25(13-17-27)23-30-22-8-6-4-2/h3-5,12-13,16-21,24,26H,2,6-11,14-15,22-23H2,1H3. The van der Waals surface area contributed by atoms with E-state index in [2.05, 4.69) is 74.2 Å². The highest BCUT2D eigenvalue weighted by molar-refractivity contribution is 5.64. The summed E-state index contributed by atoms with van der Waals surface area (Å²) in [5, 5.41) is 0. The van der Waals surface area contributed by atoms with Gasteiger partial charge in [0, 0.05) is 6.61 Å². The van der Waals surface area contributed by atoms with Gasteiger partial charge in [-0.1, -0.05) is 66.8 Å². The highest BCUT2D eigenvalue weighted by atomic mass is 16.5. The van der Waals surface area contributed by atoms with Crippen molar-refractivity contribution in [1.82, 2.24) is 0 Å². The maximum absolute atomic E-state index is 5.73. The third kappa shape index (κ3) is 6.99. The van der Waals surface area contributed by atoms with Crippen molar-refractivity contribution in [3.63, 3.8) is 0 Å². The molecule has 0 heterocycles. The van der Waals surface area contributed by atoms with Crippen molar-refractivity contribution in [2.24, 2.45) is 5.92 Å². The van der Waals surface area contributed by atoms with Gasteiger partial charge in [-0.15, -0.1) is 6.58 Å². The summed E-state index contributed by atoms with van der Waals surface area (Å²) in [6.45, 7) is 7.35. The van der Waals surface area contributed by atoms with Crippen molar-refractivity contribution in [1.29, 1.82) is 0 Å². The lowest BCUT2D eigenvalue weighted by Gasteiger charge is -2.28. The first-order chi connectivity index (χ1) is 14.8. The fraction of sp³-hybridized carbons (Fsp3) is 0.448. The predicted octanol–water partition coefficient (Wildman–Crippen LogP) is 8.47. The summed E-state index contributed by atoms with van der Waals surface area (Å²) in [7, 11) is 0. The number of benzene rings is 2. The van der Waals surface area contributed by atoms with Crippen LogP contribution in [0.25, 0.3) is 11.1 Å². The van der Waals surface area contributed by atoms with Crippen LogP contribution in [0.2, 0.25) is 0 Å². The molecule has 1 heteroatoms. The molecule has 160 valence electrons. The summed E-state index contributed by atoms with van der Waals surface area (Å²) in [4.78, 5) is 0. The Morgan fingerprint density at radius 3 is 2.20 bits per heavy atom. The molecule has 0 spiro atoms. The second kappa shape index (κ2) is 12.5. The Balaban J connectivity index is 1.48. The monoisotopic (exact) mass is 402 g/mol. The second-order valence-corrected chi connectivity index (χ2v) is 8.67. The molecule has 1 nitrogen and oxygen atoms in total. The summed E-state index contributed by atoms with van der Waals surface area (Å²) in [6.07, 6.45) is 16.6. The Morgan fingerprint density at radius 2 is 1.57 bits per heavy atom. The predicted molar refractivity (Wildman–Crippen MR) is 130 cm³/mol. The van der Waals surface area contributed by atoms with Crippen LogP contribution in [0.3, 0.4) is 0 Å².